The molecule has 0 aliphatic carbocycles. The largest absolute Gasteiger partial charge is 0.444 e. The van der Waals surface area contributed by atoms with Crippen LogP contribution < -0.4 is 5.43 Å². The summed E-state index contributed by atoms with van der Waals surface area (Å²) in [6.07, 6.45) is -4.53. The molecule has 0 saturated carbocycles. The van der Waals surface area contributed by atoms with E-state index in [0.29, 0.717) is 6.08 Å². The highest BCUT2D eigenvalue weighted by molar-refractivity contribution is 9.10. The van der Waals surface area contributed by atoms with Crippen molar-refractivity contribution in [3.05, 3.63) is 34.3 Å². The first-order valence-corrected chi connectivity index (χ1v) is 5.79. The Hall–Kier alpha value is -1.48. The number of hydrogen-bond donors (Lipinski definition) is 2. The maximum absolute atomic E-state index is 12.9. The monoisotopic (exact) mass is 340 g/mol. The number of alkyl halides is 3. The molecule has 1 atom stereocenters. The Morgan fingerprint density at radius 3 is 2.63 bits per heavy atom. The number of furan rings is 1. The van der Waals surface area contributed by atoms with Gasteiger partial charge in [0.25, 0.3) is 5.72 Å². The van der Waals surface area contributed by atoms with Crippen LogP contribution in [0.5, 0.6) is 0 Å². The number of nitrogens with zero attached hydrogens (tertiary/aromatic N) is 1. The van der Waals surface area contributed by atoms with Gasteiger partial charge < -0.3 is 9.52 Å². The van der Waals surface area contributed by atoms with E-state index in [2.05, 4.69) is 21.4 Å². The van der Waals surface area contributed by atoms with Crippen molar-refractivity contribution in [3.8, 4) is 0 Å². The van der Waals surface area contributed by atoms with E-state index in [9.17, 15) is 23.1 Å². The average Bonchev–Trinajstić information content (AvgIpc) is 2.81. The van der Waals surface area contributed by atoms with Crippen LogP contribution in [0.4, 0.5) is 13.2 Å². The number of aliphatic hydroxyl groups is 1. The molecule has 104 valence electrons. The van der Waals surface area contributed by atoms with Crippen molar-refractivity contribution in [2.75, 3.05) is 0 Å². The van der Waals surface area contributed by atoms with Gasteiger partial charge >= 0.3 is 12.1 Å². The number of nitrogens with one attached hydrogen (secondary N) is 1. The molecule has 5 nitrogen and oxygen atoms in total. The molecular formula is C10H8BrF3N2O3. The molecule has 2 N–H and O–H groups in total. The molecule has 1 aliphatic heterocycles. The van der Waals surface area contributed by atoms with Crippen LogP contribution in [0, 0.1) is 0 Å². The van der Waals surface area contributed by atoms with Crippen LogP contribution >= 0.6 is 15.9 Å². The number of carbonyl (C=O) groups excluding carboxylic acids is 1. The van der Waals surface area contributed by atoms with Crippen LogP contribution in [0.1, 0.15) is 17.5 Å². The van der Waals surface area contributed by atoms with Crippen LogP contribution in [-0.2, 0) is 0 Å². The molecule has 2 heterocycles. The molecule has 0 fully saturated rings. The molecule has 0 aromatic carbocycles. The summed E-state index contributed by atoms with van der Waals surface area (Å²) in [6.45, 7) is 1.29. The fourth-order valence-corrected chi connectivity index (χ4v) is 1.92. The van der Waals surface area contributed by atoms with Crippen LogP contribution in [0.15, 0.2) is 33.0 Å². The minimum atomic E-state index is -5.04. The van der Waals surface area contributed by atoms with Crippen molar-refractivity contribution < 1.29 is 27.5 Å². The Labute approximate surface area is 113 Å². The van der Waals surface area contributed by atoms with Crippen molar-refractivity contribution in [2.24, 2.45) is 0 Å². The highest BCUT2D eigenvalue weighted by Crippen LogP contribution is 2.38. The molecule has 1 aromatic rings. The summed E-state index contributed by atoms with van der Waals surface area (Å²) in [7, 11) is 0. The van der Waals surface area contributed by atoms with Gasteiger partial charge in [0.2, 0.25) is 0 Å². The lowest BCUT2D eigenvalue weighted by atomic mass is 10.2. The molecule has 9 heteroatoms. The number of hydrazine groups is 1. The Bertz CT molecular complexity index is 554. The lowest BCUT2D eigenvalue weighted by Crippen LogP contribution is -2.60. The Morgan fingerprint density at radius 2 is 2.16 bits per heavy atom. The second kappa shape index (κ2) is 4.27. The lowest BCUT2D eigenvalue weighted by molar-refractivity contribution is -0.283. The van der Waals surface area contributed by atoms with Gasteiger partial charge in [-0.2, -0.15) is 13.2 Å². The van der Waals surface area contributed by atoms with Crippen LogP contribution in [0.25, 0.3) is 0 Å². The van der Waals surface area contributed by atoms with E-state index in [0.717, 1.165) is 0 Å². The van der Waals surface area contributed by atoms with Gasteiger partial charge in [-0.05, 0) is 41.1 Å². The van der Waals surface area contributed by atoms with Crippen molar-refractivity contribution in [2.45, 2.75) is 18.8 Å². The molecule has 2 rings (SSSR count). The van der Waals surface area contributed by atoms with E-state index < -0.39 is 17.8 Å². The third-order valence-corrected chi connectivity index (χ3v) is 2.88. The maximum Gasteiger partial charge on any atom is 0.442 e. The van der Waals surface area contributed by atoms with Gasteiger partial charge in [-0.25, -0.2) is 5.01 Å². The molecule has 1 aliphatic rings. The number of halogens is 4. The Balaban J connectivity index is 2.37. The topological polar surface area (TPSA) is 65.7 Å². The van der Waals surface area contributed by atoms with Crippen molar-refractivity contribution in [1.29, 1.82) is 0 Å². The standard InChI is InChI=1S/C10H8BrF3N2O3/c1-5-4-9(18,10(12,13)14)16(15-5)8(17)6-2-3-7(11)19-6/h2-4,15,18H,1H3. The van der Waals surface area contributed by atoms with Gasteiger partial charge in [0.15, 0.2) is 10.4 Å². The fourth-order valence-electron chi connectivity index (χ4n) is 1.61. The van der Waals surface area contributed by atoms with Gasteiger partial charge in [0.1, 0.15) is 0 Å². The molecule has 1 aromatic heterocycles. The number of amides is 1. The fraction of sp³-hybridized carbons (Fsp3) is 0.300. The normalized spacial score (nSPS) is 23.3. The quantitative estimate of drug-likeness (QED) is 0.822. The van der Waals surface area contributed by atoms with Crippen molar-refractivity contribution >= 4 is 21.8 Å². The molecule has 0 saturated heterocycles. The Morgan fingerprint density at radius 1 is 1.53 bits per heavy atom. The molecule has 1 unspecified atom stereocenters. The van der Waals surface area contributed by atoms with Crippen molar-refractivity contribution in [1.82, 2.24) is 10.4 Å². The molecular weight excluding hydrogens is 333 g/mol. The van der Waals surface area contributed by atoms with Gasteiger partial charge in [-0.1, -0.05) is 0 Å². The van der Waals surface area contributed by atoms with E-state index in [-0.39, 0.29) is 21.1 Å². The first kappa shape index (κ1) is 13.9. The summed E-state index contributed by atoms with van der Waals surface area (Å²) < 4.78 is 43.7. The van der Waals surface area contributed by atoms with Gasteiger partial charge in [0.05, 0.1) is 0 Å². The van der Waals surface area contributed by atoms with Crippen LogP contribution in [0.3, 0.4) is 0 Å². The Kier molecular flexibility index (Phi) is 3.13. The van der Waals surface area contributed by atoms with Crippen LogP contribution in [0.2, 0.25) is 0 Å². The number of hydrogen-bond acceptors (Lipinski definition) is 4. The van der Waals surface area contributed by atoms with E-state index in [1.807, 2.05) is 0 Å². The number of allylic oxidation sites excluding steroid dienone is 1. The third kappa shape index (κ3) is 2.23. The highest BCUT2D eigenvalue weighted by Gasteiger charge is 2.61. The predicted molar refractivity (Wildman–Crippen MR) is 60.5 cm³/mol. The maximum atomic E-state index is 12.9. The van der Waals surface area contributed by atoms with E-state index >= 15 is 0 Å². The molecule has 1 amide bonds. The van der Waals surface area contributed by atoms with Gasteiger partial charge in [-0.15, -0.1) is 0 Å². The average molecular weight is 341 g/mol. The summed E-state index contributed by atoms with van der Waals surface area (Å²) in [5.41, 5.74) is -1.25. The smallest absolute Gasteiger partial charge is 0.442 e. The summed E-state index contributed by atoms with van der Waals surface area (Å²) in [5, 5.41) is 9.76. The first-order valence-electron chi connectivity index (χ1n) is 5.00. The predicted octanol–water partition coefficient (Wildman–Crippen LogP) is 2.16. The summed E-state index contributed by atoms with van der Waals surface area (Å²) in [5.74, 6) is -1.48. The summed E-state index contributed by atoms with van der Waals surface area (Å²) in [4.78, 5) is 11.9. The molecule has 0 spiro atoms. The summed E-state index contributed by atoms with van der Waals surface area (Å²) in [6, 6.07) is 2.55. The minimum absolute atomic E-state index is 0.00111. The van der Waals surface area contributed by atoms with E-state index in [1.165, 1.54) is 19.1 Å². The van der Waals surface area contributed by atoms with Crippen LogP contribution in [-0.4, -0.2) is 27.9 Å². The SMILES string of the molecule is CC1=CC(O)(C(F)(F)F)N(C(=O)c2ccc(Br)o2)N1. The summed E-state index contributed by atoms with van der Waals surface area (Å²) >= 11 is 2.93. The van der Waals surface area contributed by atoms with E-state index in [4.69, 9.17) is 4.42 Å². The molecule has 19 heavy (non-hydrogen) atoms. The minimum Gasteiger partial charge on any atom is -0.444 e. The third-order valence-electron chi connectivity index (χ3n) is 2.45. The zero-order valence-corrected chi connectivity index (χ0v) is 11.0. The second-order valence-corrected chi connectivity index (χ2v) is 4.69. The van der Waals surface area contributed by atoms with Gasteiger partial charge in [0, 0.05) is 5.70 Å². The zero-order chi connectivity index (χ0) is 14.4. The number of rotatable bonds is 1. The molecule has 0 radical (unpaired) electrons. The number of carbonyl (C=O) groups is 1. The van der Waals surface area contributed by atoms with Gasteiger partial charge in [-0.3, -0.25) is 10.2 Å². The van der Waals surface area contributed by atoms with Crippen molar-refractivity contribution in [3.63, 3.8) is 0 Å². The second-order valence-electron chi connectivity index (χ2n) is 3.91. The highest BCUT2D eigenvalue weighted by atomic mass is 79.9. The first-order chi connectivity index (χ1) is 8.65. The lowest BCUT2D eigenvalue weighted by Gasteiger charge is -2.33. The zero-order valence-electron chi connectivity index (χ0n) is 9.45. The van der Waals surface area contributed by atoms with E-state index in [1.54, 1.807) is 0 Å². The molecule has 0 bridgehead atoms.